The van der Waals surface area contributed by atoms with E-state index in [0.29, 0.717) is 91.5 Å². The van der Waals surface area contributed by atoms with E-state index in [1.807, 2.05) is 104 Å². The van der Waals surface area contributed by atoms with Gasteiger partial charge in [0.05, 0.1) is 0 Å². The van der Waals surface area contributed by atoms with Gasteiger partial charge >= 0.3 is 42.3 Å². The molecule has 5 heterocycles. The SMILES string of the molecule is CC(C)(C)OC(=O)NCCCNC(=O)N1CCC(CN)(CCc2ccccc2)CC1.CC(C)(C)OC(=O)NCCNC(=O)N1CCC(CN)(CCc2ccccc2)CC1.CN(C)CCCNC(=O)N1CCC(CN)(CCc2ccccc2)CC1.NCC1(CCc2ccccc2)CCN(C(=O)NCCCCNC(=O)N2CCC(CN)(CCc3ccccc3)CC2)CC1. The molecule has 27 heteroatoms. The first-order chi connectivity index (χ1) is 60.5. The van der Waals surface area contributed by atoms with Gasteiger partial charge in [-0.3, -0.25) is 0 Å². The summed E-state index contributed by atoms with van der Waals surface area (Å²) in [6.07, 6.45) is 22.4. The average Bonchev–Trinajstić information content (AvgIpc) is 0.846. The lowest BCUT2D eigenvalue weighted by molar-refractivity contribution is 0.0516. The predicted molar refractivity (Wildman–Crippen MR) is 508 cm³/mol. The maximum Gasteiger partial charge on any atom is 0.407 e. The van der Waals surface area contributed by atoms with Gasteiger partial charge in [0.25, 0.3) is 0 Å². The zero-order valence-electron chi connectivity index (χ0n) is 77.9. The predicted octanol–water partition coefficient (Wildman–Crippen LogP) is 13.0. The zero-order chi connectivity index (χ0) is 91.2. The second kappa shape index (κ2) is 54.2. The molecule has 10 rings (SSSR count). The van der Waals surface area contributed by atoms with Gasteiger partial charge in [0.15, 0.2) is 0 Å². The van der Waals surface area contributed by atoms with Crippen molar-refractivity contribution in [2.75, 3.05) is 165 Å². The van der Waals surface area contributed by atoms with Crippen LogP contribution in [0.4, 0.5) is 33.6 Å². The Morgan fingerprint density at radius 1 is 0.294 bits per heavy atom. The lowest BCUT2D eigenvalue weighted by Gasteiger charge is -2.41. The number of rotatable bonds is 36. The van der Waals surface area contributed by atoms with E-state index in [1.54, 1.807) is 0 Å². The number of unbranched alkanes of at least 4 members (excludes halogenated alkanes) is 1. The number of carbonyl (C=O) groups excluding carboxylic acids is 7. The Morgan fingerprint density at radius 3 is 0.698 bits per heavy atom. The van der Waals surface area contributed by atoms with Crippen LogP contribution in [0.2, 0.25) is 0 Å². The number of nitrogens with two attached hydrogens (primary N) is 5. The summed E-state index contributed by atoms with van der Waals surface area (Å²) >= 11 is 0. The molecule has 5 fully saturated rings. The van der Waals surface area contributed by atoms with Crippen molar-refractivity contribution >= 4 is 42.3 Å². The van der Waals surface area contributed by atoms with Crippen molar-refractivity contribution in [1.29, 1.82) is 0 Å². The molecule has 0 spiro atoms. The van der Waals surface area contributed by atoms with Crippen LogP contribution in [0.5, 0.6) is 0 Å². The van der Waals surface area contributed by atoms with Gasteiger partial charge in [0.1, 0.15) is 11.2 Å². The van der Waals surface area contributed by atoms with Crippen molar-refractivity contribution in [3.05, 3.63) is 179 Å². The van der Waals surface area contributed by atoms with E-state index in [4.69, 9.17) is 38.1 Å². The molecule has 5 aliphatic rings. The summed E-state index contributed by atoms with van der Waals surface area (Å²) in [7, 11) is 4.10. The number of aryl methyl sites for hydroxylation is 5. The minimum Gasteiger partial charge on any atom is -0.444 e. The van der Waals surface area contributed by atoms with Crippen molar-refractivity contribution in [2.24, 2.45) is 55.7 Å². The van der Waals surface area contributed by atoms with Crippen LogP contribution < -0.4 is 65.9 Å². The number of urea groups is 5. The maximum absolute atomic E-state index is 12.7. The Morgan fingerprint density at radius 2 is 0.484 bits per heavy atom. The number of carbonyl (C=O) groups is 7. The fraction of sp³-hybridized carbons (Fsp3) is 0.626. The molecule has 5 saturated heterocycles. The summed E-state index contributed by atoms with van der Waals surface area (Å²) in [4.78, 5) is 97.4. The van der Waals surface area contributed by atoms with E-state index in [2.05, 4.69) is 170 Å². The highest BCUT2D eigenvalue weighted by atomic mass is 16.6. The summed E-state index contributed by atoms with van der Waals surface area (Å²) in [6.45, 7) is 26.4. The summed E-state index contributed by atoms with van der Waals surface area (Å²) in [5.74, 6) is 0. The fourth-order valence-corrected chi connectivity index (χ4v) is 17.2. The Bertz CT molecular complexity index is 3810. The monoisotopic (exact) mass is 1750 g/mol. The smallest absolute Gasteiger partial charge is 0.407 e. The van der Waals surface area contributed by atoms with E-state index in [1.165, 1.54) is 27.8 Å². The van der Waals surface area contributed by atoms with E-state index >= 15 is 0 Å². The van der Waals surface area contributed by atoms with Crippen molar-refractivity contribution < 1.29 is 43.0 Å². The van der Waals surface area contributed by atoms with Gasteiger partial charge < -0.3 is 105 Å². The van der Waals surface area contributed by atoms with Crippen LogP contribution in [-0.4, -0.2) is 248 Å². The molecule has 5 aromatic rings. The minimum atomic E-state index is -0.531. The van der Waals surface area contributed by atoms with Crippen molar-refractivity contribution in [3.8, 4) is 0 Å². The molecule has 0 atom stereocenters. The molecular weight excluding hydrogens is 1590 g/mol. The average molecular weight is 1750 g/mol. The van der Waals surface area contributed by atoms with Crippen LogP contribution in [0, 0.1) is 27.1 Å². The van der Waals surface area contributed by atoms with Gasteiger partial charge in [0.2, 0.25) is 0 Å². The molecular formula is C99H160N18O9. The maximum atomic E-state index is 12.7. The third kappa shape index (κ3) is 38.4. The highest BCUT2D eigenvalue weighted by molar-refractivity contribution is 5.76. The number of hydrogen-bond donors (Lipinski definition) is 12. The molecule has 0 aliphatic carbocycles. The number of nitrogens with zero attached hydrogens (tertiary/aromatic N) is 6. The highest BCUT2D eigenvalue weighted by Gasteiger charge is 2.40. The van der Waals surface area contributed by atoms with Crippen LogP contribution in [-0.2, 0) is 41.6 Å². The molecule has 0 saturated carbocycles. The molecule has 12 amide bonds. The summed E-state index contributed by atoms with van der Waals surface area (Å²) in [5, 5.41) is 20.3. The number of likely N-dealkylation sites (tertiary alicyclic amines) is 5. The first-order valence-electron chi connectivity index (χ1n) is 46.9. The van der Waals surface area contributed by atoms with Gasteiger partial charge in [0, 0.05) is 111 Å². The molecule has 17 N–H and O–H groups in total. The van der Waals surface area contributed by atoms with Crippen LogP contribution in [0.1, 0.15) is 191 Å². The van der Waals surface area contributed by atoms with E-state index < -0.39 is 23.4 Å². The van der Waals surface area contributed by atoms with Crippen molar-refractivity contribution in [1.82, 2.24) is 66.6 Å². The molecule has 0 radical (unpaired) electrons. The normalized spacial score (nSPS) is 16.9. The van der Waals surface area contributed by atoms with E-state index in [9.17, 15) is 33.6 Å². The van der Waals surface area contributed by atoms with Crippen molar-refractivity contribution in [2.45, 2.75) is 207 Å². The summed E-state index contributed by atoms with van der Waals surface area (Å²) in [5.41, 5.74) is 37.1. The Labute approximate surface area is 754 Å². The Kier molecular flexibility index (Phi) is 44.6. The topological polar surface area (TPSA) is 372 Å². The minimum absolute atomic E-state index is 0.0108. The first kappa shape index (κ1) is 104. The standard InChI is InChI=1S/C34H52N6O2.C23H38N4O3.C22H36N4O3.C20H34N4O/c35-27-33(15-13-29-9-3-1-4-10-29)17-23-39(24-18-33)31(41)37-21-7-8-22-38-32(42)40-25-19-34(28-36,20-26-40)16-14-30-11-5-2-6-12-30;1-22(2,3)30-21(29)26-15-7-14-25-20(28)27-16-12-23(18-24,13-17-27)11-10-19-8-5-4-6-9-19;1-21(2,3)29-20(28)25-14-13-24-19(27)26-15-11-22(17-23,12-16-26)10-9-18-7-5-4-6-8-18;1-23(2)14-6-13-22-19(25)24-15-11-20(17-21,12-16-24)10-9-18-7-4-3-5-8-18/h1-6,9-12H,7-8,13-28,35-36H2,(H,37,41)(H,38,42);4-6,8-9H,7,10-18,24H2,1-3H3,(H,25,28)(H,26,29);4-8H,9-17,23H2,1-3H3,(H,24,27)(H,25,28);3-5,7-8H,6,9-17,21H2,1-2H3,(H,22,25). The molecule has 27 nitrogen and oxygen atoms in total. The molecule has 0 bridgehead atoms. The number of nitrogens with one attached hydrogen (secondary N) is 7. The molecule has 5 aromatic carbocycles. The summed E-state index contributed by atoms with van der Waals surface area (Å²) in [6, 6.07) is 52.6. The van der Waals surface area contributed by atoms with Gasteiger partial charge in [-0.2, -0.15) is 0 Å². The number of hydrogen-bond acceptors (Lipinski definition) is 15. The van der Waals surface area contributed by atoms with E-state index in [0.717, 1.165) is 213 Å². The third-order valence-corrected chi connectivity index (χ3v) is 26.2. The first-order valence-corrected chi connectivity index (χ1v) is 46.9. The Hall–Kier alpha value is -9.25. The quantitative estimate of drug-likeness (QED) is 0.0166. The van der Waals surface area contributed by atoms with Crippen molar-refractivity contribution in [3.63, 3.8) is 0 Å². The summed E-state index contributed by atoms with van der Waals surface area (Å²) < 4.78 is 10.3. The lowest BCUT2D eigenvalue weighted by Crippen LogP contribution is -2.50. The molecule has 0 aromatic heterocycles. The second-order valence-electron chi connectivity index (χ2n) is 38.1. The number of alkyl carbamates (subject to hydrolysis) is 2. The lowest BCUT2D eigenvalue weighted by atomic mass is 9.74. The molecule has 0 unspecified atom stereocenters. The fourth-order valence-electron chi connectivity index (χ4n) is 17.2. The van der Waals surface area contributed by atoms with E-state index in [-0.39, 0.29) is 57.2 Å². The number of piperidine rings is 5. The molecule has 700 valence electrons. The van der Waals surface area contributed by atoms with Gasteiger partial charge in [-0.05, 0) is 304 Å². The van der Waals surface area contributed by atoms with Crippen LogP contribution in [0.25, 0.3) is 0 Å². The zero-order valence-corrected chi connectivity index (χ0v) is 77.9. The van der Waals surface area contributed by atoms with Gasteiger partial charge in [-0.25, -0.2) is 33.6 Å². The third-order valence-electron chi connectivity index (χ3n) is 26.2. The number of amides is 12. The Balaban J connectivity index is 0.000000235. The number of benzene rings is 5. The van der Waals surface area contributed by atoms with Crippen LogP contribution in [0.15, 0.2) is 152 Å². The van der Waals surface area contributed by atoms with Gasteiger partial charge in [-0.1, -0.05) is 152 Å². The van der Waals surface area contributed by atoms with Crippen LogP contribution >= 0.6 is 0 Å². The second-order valence-corrected chi connectivity index (χ2v) is 38.1. The molecule has 126 heavy (non-hydrogen) atoms. The highest BCUT2D eigenvalue weighted by Crippen LogP contribution is 2.40. The number of ether oxygens (including phenoxy) is 2. The molecule has 5 aliphatic heterocycles. The largest absolute Gasteiger partial charge is 0.444 e. The van der Waals surface area contributed by atoms with Gasteiger partial charge in [-0.15, -0.1) is 0 Å². The van der Waals surface area contributed by atoms with Crippen LogP contribution in [0.3, 0.4) is 0 Å².